The lowest BCUT2D eigenvalue weighted by Crippen LogP contribution is -2.04. The van der Waals surface area contributed by atoms with E-state index >= 15 is 0 Å². The molecule has 20 heavy (non-hydrogen) atoms. The van der Waals surface area contributed by atoms with E-state index in [4.69, 9.17) is 26.8 Å². The van der Waals surface area contributed by atoms with Gasteiger partial charge in [0.15, 0.2) is 0 Å². The molecule has 2 N–H and O–H groups in total. The predicted octanol–water partition coefficient (Wildman–Crippen LogP) is 2.68. The molecule has 0 saturated carbocycles. The second-order valence-corrected chi connectivity index (χ2v) is 4.08. The summed E-state index contributed by atoms with van der Waals surface area (Å²) in [6.45, 7) is 2.07. The van der Waals surface area contributed by atoms with Crippen LogP contribution in [0, 0.1) is 0 Å². The number of halogens is 1. The van der Waals surface area contributed by atoms with Gasteiger partial charge in [-0.25, -0.2) is 9.78 Å². The molecule has 1 aromatic carbocycles. The maximum Gasteiger partial charge on any atom is 0.338 e. The van der Waals surface area contributed by atoms with Crippen LogP contribution in [0.4, 0.5) is 5.69 Å². The molecule has 0 amide bonds. The standard InChI is InChI=1S/C13H12ClN3O3/c1-2-19-12(18)8-3-5-9(6-4-8)20-11-10(15)7-16-13(14)17-11/h3-7H,2,15H2,1H3. The maximum atomic E-state index is 11.5. The van der Waals surface area contributed by atoms with Crippen LogP contribution in [0.2, 0.25) is 5.28 Å². The summed E-state index contributed by atoms with van der Waals surface area (Å²) in [6.07, 6.45) is 1.36. The number of nitrogens with two attached hydrogens (primary N) is 1. The molecule has 0 saturated heterocycles. The van der Waals surface area contributed by atoms with Crippen LogP contribution in [0.15, 0.2) is 30.5 Å². The number of esters is 1. The molecule has 0 aliphatic rings. The summed E-state index contributed by atoms with van der Waals surface area (Å²) in [5, 5.41) is 0.0392. The number of carbonyl (C=O) groups is 1. The van der Waals surface area contributed by atoms with E-state index in [2.05, 4.69) is 9.97 Å². The first-order valence-corrected chi connectivity index (χ1v) is 6.21. The highest BCUT2D eigenvalue weighted by molar-refractivity contribution is 6.28. The highest BCUT2D eigenvalue weighted by Crippen LogP contribution is 2.25. The van der Waals surface area contributed by atoms with E-state index in [0.29, 0.717) is 17.9 Å². The largest absolute Gasteiger partial charge is 0.462 e. The Morgan fingerprint density at radius 1 is 1.35 bits per heavy atom. The van der Waals surface area contributed by atoms with E-state index in [0.717, 1.165) is 0 Å². The van der Waals surface area contributed by atoms with Gasteiger partial charge in [-0.3, -0.25) is 0 Å². The van der Waals surface area contributed by atoms with Crippen molar-refractivity contribution in [2.45, 2.75) is 6.92 Å². The van der Waals surface area contributed by atoms with E-state index in [1.165, 1.54) is 6.20 Å². The molecule has 7 heteroatoms. The van der Waals surface area contributed by atoms with Crippen LogP contribution >= 0.6 is 11.6 Å². The molecule has 1 heterocycles. The van der Waals surface area contributed by atoms with E-state index in [-0.39, 0.29) is 22.8 Å². The van der Waals surface area contributed by atoms with Gasteiger partial charge >= 0.3 is 5.97 Å². The van der Waals surface area contributed by atoms with Crippen molar-refractivity contribution in [1.29, 1.82) is 0 Å². The van der Waals surface area contributed by atoms with Crippen LogP contribution < -0.4 is 10.5 Å². The molecule has 0 unspecified atom stereocenters. The summed E-state index contributed by atoms with van der Waals surface area (Å²) >= 11 is 5.67. The average Bonchev–Trinajstić information content (AvgIpc) is 2.44. The van der Waals surface area contributed by atoms with E-state index < -0.39 is 0 Å². The Balaban J connectivity index is 2.14. The van der Waals surface area contributed by atoms with Crippen LogP contribution in [0.25, 0.3) is 0 Å². The minimum absolute atomic E-state index is 0.0392. The summed E-state index contributed by atoms with van der Waals surface area (Å²) < 4.78 is 10.4. The minimum Gasteiger partial charge on any atom is -0.462 e. The second-order valence-electron chi connectivity index (χ2n) is 3.75. The molecule has 0 radical (unpaired) electrons. The zero-order valence-electron chi connectivity index (χ0n) is 10.7. The number of aromatic nitrogens is 2. The van der Waals surface area contributed by atoms with Gasteiger partial charge in [-0.2, -0.15) is 4.98 Å². The summed E-state index contributed by atoms with van der Waals surface area (Å²) in [5.74, 6) is 0.247. The van der Waals surface area contributed by atoms with Gasteiger partial charge < -0.3 is 15.2 Å². The molecule has 0 aliphatic heterocycles. The van der Waals surface area contributed by atoms with Crippen molar-refractivity contribution in [2.24, 2.45) is 0 Å². The van der Waals surface area contributed by atoms with Gasteiger partial charge in [0.2, 0.25) is 11.2 Å². The van der Waals surface area contributed by atoms with Crippen molar-refractivity contribution in [3.63, 3.8) is 0 Å². The Labute approximate surface area is 120 Å². The Bertz CT molecular complexity index is 617. The molecular formula is C13H12ClN3O3. The highest BCUT2D eigenvalue weighted by Gasteiger charge is 2.09. The first-order chi connectivity index (χ1) is 9.60. The number of nitrogen functional groups attached to an aromatic ring is 1. The molecule has 0 bridgehead atoms. The molecule has 2 aromatic rings. The monoisotopic (exact) mass is 293 g/mol. The summed E-state index contributed by atoms with van der Waals surface area (Å²) in [5.41, 5.74) is 6.38. The van der Waals surface area contributed by atoms with E-state index in [1.807, 2.05) is 0 Å². The lowest BCUT2D eigenvalue weighted by Gasteiger charge is -2.07. The van der Waals surface area contributed by atoms with Gasteiger partial charge in [-0.15, -0.1) is 0 Å². The van der Waals surface area contributed by atoms with Gasteiger partial charge in [0.05, 0.1) is 18.4 Å². The van der Waals surface area contributed by atoms with E-state index in [9.17, 15) is 4.79 Å². The third-order valence-electron chi connectivity index (χ3n) is 2.33. The molecule has 6 nitrogen and oxygen atoms in total. The molecular weight excluding hydrogens is 282 g/mol. The Morgan fingerprint density at radius 2 is 2.05 bits per heavy atom. The van der Waals surface area contributed by atoms with Crippen molar-refractivity contribution >= 4 is 23.3 Å². The Kier molecular flexibility index (Phi) is 4.37. The third kappa shape index (κ3) is 3.36. The van der Waals surface area contributed by atoms with Gasteiger partial charge in [-0.1, -0.05) is 0 Å². The molecule has 1 aromatic heterocycles. The van der Waals surface area contributed by atoms with E-state index in [1.54, 1.807) is 31.2 Å². The molecule has 0 fully saturated rings. The van der Waals surface area contributed by atoms with Crippen molar-refractivity contribution < 1.29 is 14.3 Å². The minimum atomic E-state index is -0.386. The van der Waals surface area contributed by atoms with Crippen molar-refractivity contribution in [3.05, 3.63) is 41.3 Å². The highest BCUT2D eigenvalue weighted by atomic mass is 35.5. The lowest BCUT2D eigenvalue weighted by molar-refractivity contribution is 0.0526. The SMILES string of the molecule is CCOC(=O)c1ccc(Oc2nc(Cl)ncc2N)cc1. The van der Waals surface area contributed by atoms with Gasteiger partial charge in [-0.05, 0) is 42.8 Å². The number of benzene rings is 1. The number of ether oxygens (including phenoxy) is 2. The number of hydrogen-bond acceptors (Lipinski definition) is 6. The maximum absolute atomic E-state index is 11.5. The van der Waals surface area contributed by atoms with Crippen LogP contribution in [0.5, 0.6) is 11.6 Å². The summed E-state index contributed by atoms with van der Waals surface area (Å²) in [7, 11) is 0. The molecule has 2 rings (SSSR count). The summed E-state index contributed by atoms with van der Waals surface area (Å²) in [6, 6.07) is 6.40. The zero-order chi connectivity index (χ0) is 14.5. The first-order valence-electron chi connectivity index (χ1n) is 5.83. The lowest BCUT2D eigenvalue weighted by atomic mass is 10.2. The average molecular weight is 294 g/mol. The number of rotatable bonds is 4. The Hall–Kier alpha value is -2.34. The predicted molar refractivity (Wildman–Crippen MR) is 73.9 cm³/mol. The fourth-order valence-electron chi connectivity index (χ4n) is 1.42. The molecule has 104 valence electrons. The number of anilines is 1. The fourth-order valence-corrected chi connectivity index (χ4v) is 1.55. The molecule has 0 atom stereocenters. The smallest absolute Gasteiger partial charge is 0.338 e. The number of carbonyl (C=O) groups excluding carboxylic acids is 1. The molecule has 0 spiro atoms. The van der Waals surface area contributed by atoms with Crippen LogP contribution in [0.1, 0.15) is 17.3 Å². The first kappa shape index (κ1) is 14.1. The quantitative estimate of drug-likeness (QED) is 0.689. The van der Waals surface area contributed by atoms with Gasteiger partial charge in [0.25, 0.3) is 0 Å². The van der Waals surface area contributed by atoms with Crippen molar-refractivity contribution in [1.82, 2.24) is 9.97 Å². The van der Waals surface area contributed by atoms with Gasteiger partial charge in [0, 0.05) is 0 Å². The van der Waals surface area contributed by atoms with Gasteiger partial charge in [0.1, 0.15) is 11.4 Å². The van der Waals surface area contributed by atoms with Crippen LogP contribution in [-0.2, 0) is 4.74 Å². The normalized spacial score (nSPS) is 10.1. The van der Waals surface area contributed by atoms with Crippen LogP contribution in [-0.4, -0.2) is 22.5 Å². The topological polar surface area (TPSA) is 87.3 Å². The third-order valence-corrected chi connectivity index (χ3v) is 2.51. The zero-order valence-corrected chi connectivity index (χ0v) is 11.4. The number of hydrogen-bond donors (Lipinski definition) is 1. The number of nitrogens with zero attached hydrogens (tertiary/aromatic N) is 2. The Morgan fingerprint density at radius 3 is 2.70 bits per heavy atom. The fraction of sp³-hybridized carbons (Fsp3) is 0.154. The second kappa shape index (κ2) is 6.21. The molecule has 0 aliphatic carbocycles. The van der Waals surface area contributed by atoms with Crippen molar-refractivity contribution in [3.8, 4) is 11.6 Å². The van der Waals surface area contributed by atoms with Crippen molar-refractivity contribution in [2.75, 3.05) is 12.3 Å². The summed E-state index contributed by atoms with van der Waals surface area (Å²) in [4.78, 5) is 19.1. The van der Waals surface area contributed by atoms with Crippen LogP contribution in [0.3, 0.4) is 0 Å².